The second kappa shape index (κ2) is 47.3. The number of ether oxygens (including phenoxy) is 6. The van der Waals surface area contributed by atoms with E-state index in [0.29, 0.717) is 6.42 Å². The van der Waals surface area contributed by atoms with Gasteiger partial charge in [-0.05, 0) is 38.5 Å². The summed E-state index contributed by atoms with van der Waals surface area (Å²) in [5.41, 5.74) is 0. The van der Waals surface area contributed by atoms with Crippen LogP contribution >= 0.6 is 0 Å². The summed E-state index contributed by atoms with van der Waals surface area (Å²) in [5.74, 6) is -0.285. The van der Waals surface area contributed by atoms with Gasteiger partial charge in [0.1, 0.15) is 73.2 Å². The third-order valence-electron chi connectivity index (χ3n) is 16.7. The molecule has 3 heterocycles. The Balaban J connectivity index is 1.42. The average molecular weight is 1190 g/mol. The first-order valence-corrected chi connectivity index (χ1v) is 33.1. The minimum absolute atomic E-state index is 0.234. The molecule has 0 aromatic heterocycles. The first-order chi connectivity index (χ1) is 40.3. The Morgan fingerprint density at radius 2 is 0.771 bits per heavy atom. The smallest absolute Gasteiger partial charge is 0.220 e. The van der Waals surface area contributed by atoms with Crippen molar-refractivity contribution in [3.63, 3.8) is 0 Å². The summed E-state index contributed by atoms with van der Waals surface area (Å²) in [6, 6.07) is -0.974. The van der Waals surface area contributed by atoms with E-state index in [1.807, 2.05) is 6.08 Å². The SMILES string of the molecule is CCCC/C=C\CCCCCCCC(=O)NC(COC1OC(CO)C(OC2OC(CO)C(OC3OC(CO)C(O)C(O)C3O)C(O)C2O)C(O)C1O)C(O)/C=C/CCCCCCCCCCCCCCCCCCCCCCCCCCC. The zero-order valence-electron chi connectivity index (χ0n) is 51.2. The first-order valence-electron chi connectivity index (χ1n) is 33.1. The van der Waals surface area contributed by atoms with Gasteiger partial charge in [-0.3, -0.25) is 4.79 Å². The first kappa shape index (κ1) is 75.5. The minimum atomic E-state index is -1.98. The lowest BCUT2D eigenvalue weighted by Crippen LogP contribution is -2.66. The molecule has 0 aromatic rings. The summed E-state index contributed by atoms with van der Waals surface area (Å²) >= 11 is 0. The van der Waals surface area contributed by atoms with Crippen LogP contribution in [0.25, 0.3) is 0 Å². The van der Waals surface area contributed by atoms with Gasteiger partial charge in [0, 0.05) is 6.42 Å². The van der Waals surface area contributed by atoms with Crippen LogP contribution < -0.4 is 5.32 Å². The fourth-order valence-electron chi connectivity index (χ4n) is 11.3. The van der Waals surface area contributed by atoms with Crippen molar-refractivity contribution in [1.29, 1.82) is 0 Å². The van der Waals surface area contributed by atoms with Crippen molar-refractivity contribution in [2.24, 2.45) is 0 Å². The van der Waals surface area contributed by atoms with Crippen LogP contribution in [0, 0.1) is 0 Å². The molecule has 83 heavy (non-hydrogen) atoms. The number of carbonyl (C=O) groups excluding carboxylic acids is 1. The number of allylic oxidation sites excluding steroid dienone is 3. The molecule has 19 heteroatoms. The van der Waals surface area contributed by atoms with Crippen LogP contribution in [0.2, 0.25) is 0 Å². The fraction of sp³-hybridized carbons (Fsp3) is 0.922. The van der Waals surface area contributed by atoms with Gasteiger partial charge in [0.25, 0.3) is 0 Å². The summed E-state index contributed by atoms with van der Waals surface area (Å²) in [6.45, 7) is 1.69. The number of hydrogen-bond acceptors (Lipinski definition) is 18. The van der Waals surface area contributed by atoms with E-state index in [4.69, 9.17) is 28.4 Å². The van der Waals surface area contributed by atoms with Crippen molar-refractivity contribution in [2.45, 2.75) is 349 Å². The number of aliphatic hydroxyl groups is 11. The van der Waals surface area contributed by atoms with Crippen molar-refractivity contribution in [1.82, 2.24) is 5.32 Å². The van der Waals surface area contributed by atoms with Crippen molar-refractivity contribution in [3.8, 4) is 0 Å². The molecule has 19 nitrogen and oxygen atoms in total. The second-order valence-electron chi connectivity index (χ2n) is 23.9. The molecular weight excluding hydrogens is 1070 g/mol. The van der Waals surface area contributed by atoms with Gasteiger partial charge in [0.2, 0.25) is 5.91 Å². The van der Waals surface area contributed by atoms with Crippen molar-refractivity contribution in [3.05, 3.63) is 24.3 Å². The van der Waals surface area contributed by atoms with Gasteiger partial charge in [-0.25, -0.2) is 0 Å². The minimum Gasteiger partial charge on any atom is -0.394 e. The van der Waals surface area contributed by atoms with Gasteiger partial charge in [0.15, 0.2) is 18.9 Å². The van der Waals surface area contributed by atoms with Crippen LogP contribution in [-0.4, -0.2) is 193 Å². The maximum atomic E-state index is 13.3. The largest absolute Gasteiger partial charge is 0.394 e. The maximum Gasteiger partial charge on any atom is 0.220 e. The molecule has 3 fully saturated rings. The zero-order chi connectivity index (χ0) is 60.5. The van der Waals surface area contributed by atoms with Crippen LogP contribution in [0.5, 0.6) is 0 Å². The van der Waals surface area contributed by atoms with Gasteiger partial charge >= 0.3 is 0 Å². The zero-order valence-corrected chi connectivity index (χ0v) is 51.2. The standard InChI is InChI=1S/C64H119NO18/c1-3-5-7-9-11-13-15-16-17-18-19-20-21-22-23-24-25-26-27-28-29-30-32-33-35-37-39-41-48(69)47(65-52(70)42-40-38-36-34-31-14-12-10-8-6-4-2)46-78-62-58(76)55(73)60(50(44-67)80-62)83-64-59(77)56(74)61(51(45-68)81-64)82-63-57(75)54(72)53(71)49(43-66)79-63/h10,12,39,41,47-51,53-64,66-69,71-77H,3-9,11,13-38,40,42-46H2,1-2H3,(H,65,70)/b12-10-,41-39+. The molecule has 0 saturated carbocycles. The molecule has 0 spiro atoms. The van der Waals surface area contributed by atoms with Gasteiger partial charge in [-0.2, -0.15) is 0 Å². The van der Waals surface area contributed by atoms with E-state index in [1.165, 1.54) is 154 Å². The number of nitrogens with one attached hydrogen (secondary N) is 1. The molecule has 17 atom stereocenters. The molecule has 3 aliphatic rings. The molecule has 0 aliphatic carbocycles. The molecule has 488 valence electrons. The number of amides is 1. The van der Waals surface area contributed by atoms with Gasteiger partial charge < -0.3 is 89.9 Å². The Labute approximate surface area is 498 Å². The van der Waals surface area contributed by atoms with E-state index in [-0.39, 0.29) is 18.9 Å². The van der Waals surface area contributed by atoms with Gasteiger partial charge in [0.05, 0.1) is 38.6 Å². The number of carbonyl (C=O) groups is 1. The van der Waals surface area contributed by atoms with E-state index < -0.39 is 124 Å². The highest BCUT2D eigenvalue weighted by Crippen LogP contribution is 2.33. The normalized spacial score (nSPS) is 29.5. The van der Waals surface area contributed by atoms with E-state index in [0.717, 1.165) is 64.2 Å². The molecule has 0 aromatic carbocycles. The summed E-state index contributed by atoms with van der Waals surface area (Å²) in [7, 11) is 0. The molecule has 12 N–H and O–H groups in total. The lowest BCUT2D eigenvalue weighted by atomic mass is 9.96. The quantitative estimate of drug-likeness (QED) is 0.0207. The van der Waals surface area contributed by atoms with Crippen LogP contribution in [0.3, 0.4) is 0 Å². The van der Waals surface area contributed by atoms with Crippen molar-refractivity contribution >= 4 is 5.91 Å². The molecule has 1 amide bonds. The summed E-state index contributed by atoms with van der Waals surface area (Å²) in [6.07, 6.45) is 24.7. The van der Waals surface area contributed by atoms with E-state index in [9.17, 15) is 61.0 Å². The van der Waals surface area contributed by atoms with Crippen molar-refractivity contribution in [2.75, 3.05) is 26.4 Å². The van der Waals surface area contributed by atoms with Crippen molar-refractivity contribution < 1.29 is 89.4 Å². The predicted molar refractivity (Wildman–Crippen MR) is 319 cm³/mol. The van der Waals surface area contributed by atoms with Crippen LogP contribution in [0.4, 0.5) is 0 Å². The van der Waals surface area contributed by atoms with E-state index in [1.54, 1.807) is 6.08 Å². The molecule has 17 unspecified atom stereocenters. The van der Waals surface area contributed by atoms with E-state index >= 15 is 0 Å². The van der Waals surface area contributed by atoms with Crippen LogP contribution in [0.15, 0.2) is 24.3 Å². The Hall–Kier alpha value is -1.73. The lowest BCUT2D eigenvalue weighted by Gasteiger charge is -2.48. The van der Waals surface area contributed by atoms with Crippen LogP contribution in [-0.2, 0) is 33.2 Å². The third-order valence-corrected chi connectivity index (χ3v) is 16.7. The Kier molecular flexibility index (Phi) is 43.0. The average Bonchev–Trinajstić information content (AvgIpc) is 3.53. The Bertz CT molecular complexity index is 1610. The second-order valence-corrected chi connectivity index (χ2v) is 23.9. The molecule has 0 bridgehead atoms. The molecule has 3 rings (SSSR count). The summed E-state index contributed by atoms with van der Waals surface area (Å²) in [4.78, 5) is 13.3. The molecule has 3 aliphatic heterocycles. The van der Waals surface area contributed by atoms with E-state index in [2.05, 4.69) is 31.3 Å². The highest BCUT2D eigenvalue weighted by molar-refractivity contribution is 5.76. The summed E-state index contributed by atoms with van der Waals surface area (Å²) < 4.78 is 34.3. The molecular formula is C64H119NO18. The lowest BCUT2D eigenvalue weighted by molar-refractivity contribution is -0.379. The van der Waals surface area contributed by atoms with Crippen LogP contribution in [0.1, 0.15) is 245 Å². The monoisotopic (exact) mass is 1190 g/mol. The Morgan fingerprint density at radius 3 is 1.20 bits per heavy atom. The predicted octanol–water partition coefficient (Wildman–Crippen LogP) is 7.49. The highest BCUT2D eigenvalue weighted by Gasteiger charge is 2.53. The van der Waals surface area contributed by atoms with Gasteiger partial charge in [-0.1, -0.05) is 224 Å². The topological polar surface area (TPSA) is 307 Å². The fourth-order valence-corrected chi connectivity index (χ4v) is 11.3. The summed E-state index contributed by atoms with van der Waals surface area (Å²) in [5, 5.41) is 120. The maximum absolute atomic E-state index is 13.3. The number of hydrogen-bond donors (Lipinski definition) is 12. The Morgan fingerprint density at radius 1 is 0.422 bits per heavy atom. The number of rotatable bonds is 50. The molecule has 0 radical (unpaired) electrons. The molecule has 3 saturated heterocycles. The number of unbranched alkanes of at least 4 members (excludes halogenated alkanes) is 32. The highest BCUT2D eigenvalue weighted by atomic mass is 16.8. The number of aliphatic hydroxyl groups excluding tert-OH is 11. The third kappa shape index (κ3) is 30.4. The van der Waals surface area contributed by atoms with Gasteiger partial charge in [-0.15, -0.1) is 0 Å².